The molecular weight excluding hydrogens is 930 g/mol. The number of rotatable bonds is 20. The highest BCUT2D eigenvalue weighted by atomic mass is 32.2. The average Bonchev–Trinajstić information content (AvgIpc) is 3.64. The summed E-state index contributed by atoms with van der Waals surface area (Å²) in [5, 5.41) is 6.93. The predicted octanol–water partition coefficient (Wildman–Crippen LogP) is 9.13. The van der Waals surface area contributed by atoms with Gasteiger partial charge in [-0.3, -0.25) is 9.52 Å². The summed E-state index contributed by atoms with van der Waals surface area (Å²) in [6, 6.07) is 38.4. The number of carbonyl (C=O) groups is 1. The molecule has 2 saturated heterocycles. The fourth-order valence-electron chi connectivity index (χ4n) is 9.52. The Balaban J connectivity index is 0.904. The summed E-state index contributed by atoms with van der Waals surface area (Å²) in [5.74, 6) is 0.469. The molecule has 0 bridgehead atoms. The fourth-order valence-corrected chi connectivity index (χ4v) is 11.7. The molecule has 12 nitrogen and oxygen atoms in total. The molecule has 2 aliphatic rings. The number of carbonyl (C=O) groups excluding carboxylic acids is 1. The molecular formula is C56H70FN9O3S2. The zero-order valence-electron chi connectivity index (χ0n) is 42.1. The average molecular weight is 1000 g/mol. The molecule has 376 valence electrons. The van der Waals surface area contributed by atoms with Crippen LogP contribution in [0.3, 0.4) is 0 Å². The number of halogens is 1. The third kappa shape index (κ3) is 13.2. The molecule has 8 rings (SSSR count). The normalized spacial score (nSPS) is 15.3. The van der Waals surface area contributed by atoms with E-state index in [1.165, 1.54) is 17.0 Å². The number of sulfonamides is 1. The van der Waals surface area contributed by atoms with Gasteiger partial charge in [-0.05, 0) is 169 Å². The number of amides is 1. The first-order valence-electron chi connectivity index (χ1n) is 24.8. The Bertz CT molecular complexity index is 2830. The van der Waals surface area contributed by atoms with Gasteiger partial charge in [0.15, 0.2) is 0 Å². The number of thioether (sulfide) groups is 1. The van der Waals surface area contributed by atoms with Gasteiger partial charge in [-0.2, -0.15) is 0 Å². The topological polar surface area (TPSA) is 108 Å². The van der Waals surface area contributed by atoms with Gasteiger partial charge >= 0.3 is 0 Å². The number of piperazine rings is 2. The number of anilines is 4. The van der Waals surface area contributed by atoms with Crippen LogP contribution in [-0.2, 0) is 17.1 Å². The quantitative estimate of drug-likeness (QED) is 0.0507. The number of aryl methyl sites for hydroxylation is 1. The monoisotopic (exact) mass is 1000 g/mol. The van der Waals surface area contributed by atoms with Crippen LogP contribution in [0.1, 0.15) is 34.5 Å². The van der Waals surface area contributed by atoms with Gasteiger partial charge in [0, 0.05) is 117 Å². The summed E-state index contributed by atoms with van der Waals surface area (Å²) < 4.78 is 46.4. The second kappa shape index (κ2) is 23.6. The van der Waals surface area contributed by atoms with Crippen molar-refractivity contribution in [2.75, 3.05) is 119 Å². The number of nitrogens with one attached hydrogen (secondary N) is 3. The number of benzene rings is 5. The Hall–Kier alpha value is -5.84. The molecule has 6 aromatic rings. The highest BCUT2D eigenvalue weighted by Crippen LogP contribution is 2.40. The highest BCUT2D eigenvalue weighted by molar-refractivity contribution is 7.99. The zero-order valence-corrected chi connectivity index (χ0v) is 43.8. The van der Waals surface area contributed by atoms with E-state index in [0.29, 0.717) is 17.8 Å². The molecule has 1 aromatic heterocycles. The smallest absolute Gasteiger partial charge is 0.261 e. The molecule has 1 atom stereocenters. The molecule has 3 heterocycles. The third-order valence-corrected chi connectivity index (χ3v) is 16.4. The van der Waals surface area contributed by atoms with Crippen molar-refractivity contribution in [2.24, 2.45) is 7.05 Å². The van der Waals surface area contributed by atoms with Crippen molar-refractivity contribution in [3.63, 3.8) is 0 Å². The Labute approximate surface area is 425 Å². The van der Waals surface area contributed by atoms with Crippen LogP contribution in [0.2, 0.25) is 0 Å². The number of aromatic nitrogens is 1. The first-order valence-corrected chi connectivity index (χ1v) is 27.3. The van der Waals surface area contributed by atoms with Crippen molar-refractivity contribution in [2.45, 2.75) is 42.5 Å². The number of hydrogen-bond donors (Lipinski definition) is 3. The van der Waals surface area contributed by atoms with Crippen LogP contribution in [0.4, 0.5) is 27.1 Å². The minimum Gasteiger partial charge on any atom is -0.381 e. The largest absolute Gasteiger partial charge is 0.381 e. The van der Waals surface area contributed by atoms with Crippen molar-refractivity contribution in [3.05, 3.63) is 144 Å². The summed E-state index contributed by atoms with van der Waals surface area (Å²) in [5.41, 5.74) is 9.32. The molecule has 1 amide bonds. The summed E-state index contributed by atoms with van der Waals surface area (Å²) in [6.07, 6.45) is 1.82. The van der Waals surface area contributed by atoms with Crippen LogP contribution in [0.15, 0.2) is 131 Å². The lowest BCUT2D eigenvalue weighted by Gasteiger charge is -2.37. The van der Waals surface area contributed by atoms with Crippen LogP contribution in [0, 0.1) is 19.7 Å². The molecule has 2 fully saturated rings. The third-order valence-electron chi connectivity index (χ3n) is 13.8. The summed E-state index contributed by atoms with van der Waals surface area (Å²) >= 11 is 1.82. The lowest BCUT2D eigenvalue weighted by Crippen LogP contribution is -2.46. The molecule has 0 spiro atoms. The lowest BCUT2D eigenvalue weighted by molar-refractivity contribution is 0.0949. The maximum Gasteiger partial charge on any atom is 0.261 e. The van der Waals surface area contributed by atoms with Crippen molar-refractivity contribution in [1.82, 2.24) is 24.6 Å². The second-order valence-corrected chi connectivity index (χ2v) is 22.0. The van der Waals surface area contributed by atoms with Gasteiger partial charge in [0.1, 0.15) is 5.82 Å². The van der Waals surface area contributed by atoms with Gasteiger partial charge in [0.2, 0.25) is 0 Å². The van der Waals surface area contributed by atoms with Crippen molar-refractivity contribution in [3.8, 4) is 22.4 Å². The summed E-state index contributed by atoms with van der Waals surface area (Å²) in [7, 11) is 4.44. The fraction of sp³-hybridized carbons (Fsp3) is 0.375. The number of nitrogens with zero attached hydrogens (tertiary/aromatic N) is 6. The van der Waals surface area contributed by atoms with Crippen LogP contribution in [-0.4, -0.2) is 139 Å². The van der Waals surface area contributed by atoms with Crippen LogP contribution in [0.25, 0.3) is 22.4 Å². The van der Waals surface area contributed by atoms with Gasteiger partial charge in [0.05, 0.1) is 16.2 Å². The number of hydrogen-bond acceptors (Lipinski definition) is 10. The van der Waals surface area contributed by atoms with E-state index in [9.17, 15) is 17.6 Å². The maximum atomic E-state index is 14.2. The Morgan fingerprint density at radius 2 is 1.45 bits per heavy atom. The Morgan fingerprint density at radius 3 is 2.13 bits per heavy atom. The van der Waals surface area contributed by atoms with Gasteiger partial charge in [0.25, 0.3) is 15.9 Å². The Morgan fingerprint density at radius 1 is 0.761 bits per heavy atom. The highest BCUT2D eigenvalue weighted by Gasteiger charge is 2.27. The summed E-state index contributed by atoms with van der Waals surface area (Å²) in [4.78, 5) is 27.3. The van der Waals surface area contributed by atoms with Crippen molar-refractivity contribution in [1.29, 1.82) is 0 Å². The molecule has 0 aliphatic carbocycles. The minimum absolute atomic E-state index is 0.107. The molecule has 3 N–H and O–H groups in total. The van der Waals surface area contributed by atoms with Crippen molar-refractivity contribution < 1.29 is 17.6 Å². The van der Waals surface area contributed by atoms with E-state index >= 15 is 0 Å². The first-order chi connectivity index (χ1) is 34.2. The van der Waals surface area contributed by atoms with Gasteiger partial charge in [-0.1, -0.05) is 30.3 Å². The second-order valence-electron chi connectivity index (χ2n) is 19.2. The molecule has 0 radical (unpaired) electrons. The van der Waals surface area contributed by atoms with Gasteiger partial charge < -0.3 is 39.7 Å². The zero-order chi connectivity index (χ0) is 50.1. The van der Waals surface area contributed by atoms with E-state index in [-0.39, 0.29) is 22.7 Å². The lowest BCUT2D eigenvalue weighted by atomic mass is 9.95. The van der Waals surface area contributed by atoms with Crippen molar-refractivity contribution >= 4 is 50.4 Å². The maximum absolute atomic E-state index is 14.2. The molecule has 15 heteroatoms. The van der Waals surface area contributed by atoms with E-state index in [1.54, 1.807) is 24.3 Å². The van der Waals surface area contributed by atoms with E-state index in [1.807, 2.05) is 75.1 Å². The molecule has 0 unspecified atom stereocenters. The Kier molecular flexibility index (Phi) is 17.1. The molecule has 2 aliphatic heterocycles. The predicted molar refractivity (Wildman–Crippen MR) is 292 cm³/mol. The van der Waals surface area contributed by atoms with E-state index in [2.05, 4.69) is 108 Å². The summed E-state index contributed by atoms with van der Waals surface area (Å²) in [6.45, 7) is 13.7. The van der Waals surface area contributed by atoms with E-state index in [0.717, 1.165) is 135 Å². The SMILES string of the molecule is Cc1cc(S(=O)(=O)Nc2ccc(N3CCN(c4cccc(-c5c(C(=O)NCCCN6CCN(C)CC6)c(C)n(C)c5-c5ccc(F)cc5)c4)CC3)cc2)ccc1N[C@H](CCN(C)C)CSc1ccccc1. The van der Waals surface area contributed by atoms with Crippen LogP contribution >= 0.6 is 11.8 Å². The minimum atomic E-state index is -3.84. The first kappa shape index (κ1) is 51.5. The molecule has 5 aromatic carbocycles. The number of likely N-dealkylation sites (N-methyl/N-ethyl adjacent to an activating group) is 1. The molecule has 0 saturated carbocycles. The molecule has 71 heavy (non-hydrogen) atoms. The standard InChI is InChI=1S/C56H70FN9O3S2/c1-41-38-51(24-25-52(41)59-47(26-29-61(3)4)40-70-50-14-8-7-9-15-50)71(68,69)60-46-20-22-48(23-21-46)65-34-36-66(37-35-65)49-13-10-12-44(39-49)54-53(42(2)63(6)55(54)43-16-18-45(57)19-17-43)56(67)58-27-11-28-64-32-30-62(5)31-33-64/h7-10,12-25,38-39,47,59-60H,11,26-37,40H2,1-6H3,(H,58,67)/t47-/m1/s1. The van der Waals surface area contributed by atoms with E-state index in [4.69, 9.17) is 0 Å². The van der Waals surface area contributed by atoms with Gasteiger partial charge in [-0.15, -0.1) is 11.8 Å². The van der Waals surface area contributed by atoms with Crippen LogP contribution < -0.4 is 25.2 Å². The van der Waals surface area contributed by atoms with Crippen LogP contribution in [0.5, 0.6) is 0 Å². The van der Waals surface area contributed by atoms with E-state index < -0.39 is 10.0 Å². The van der Waals surface area contributed by atoms with Gasteiger partial charge in [-0.25, -0.2) is 12.8 Å².